The largest absolute Gasteiger partial charge is 0.396 e. The van der Waals surface area contributed by atoms with Crippen molar-refractivity contribution in [3.63, 3.8) is 0 Å². The molecule has 0 radical (unpaired) electrons. The zero-order valence-corrected chi connectivity index (χ0v) is 12.4. The smallest absolute Gasteiger partial charge is 0.0487 e. The first-order valence-corrected chi connectivity index (χ1v) is 7.95. The third-order valence-corrected chi connectivity index (χ3v) is 4.67. The lowest BCUT2D eigenvalue weighted by Gasteiger charge is -2.39. The van der Waals surface area contributed by atoms with Gasteiger partial charge in [-0.05, 0) is 56.8 Å². The van der Waals surface area contributed by atoms with Crippen molar-refractivity contribution in [1.82, 2.24) is 0 Å². The minimum atomic E-state index is 0.222. The minimum absolute atomic E-state index is 0.222. The number of aliphatic hydroxyl groups excluding tert-OH is 1. The van der Waals surface area contributed by atoms with E-state index in [2.05, 4.69) is 6.92 Å². The van der Waals surface area contributed by atoms with E-state index in [-0.39, 0.29) is 5.41 Å². The third kappa shape index (κ3) is 5.27. The summed E-state index contributed by atoms with van der Waals surface area (Å²) < 4.78 is 5.41. The lowest BCUT2D eigenvalue weighted by molar-refractivity contribution is 0.0415. The molecular formula is C16H32O2. The molecule has 18 heavy (non-hydrogen) atoms. The molecule has 1 saturated carbocycles. The van der Waals surface area contributed by atoms with Crippen LogP contribution in [0.5, 0.6) is 0 Å². The molecule has 0 saturated heterocycles. The molecule has 1 N–H and O–H groups in total. The van der Waals surface area contributed by atoms with E-state index in [0.29, 0.717) is 6.61 Å². The van der Waals surface area contributed by atoms with Crippen molar-refractivity contribution in [3.05, 3.63) is 0 Å². The third-order valence-electron chi connectivity index (χ3n) is 4.67. The van der Waals surface area contributed by atoms with Crippen molar-refractivity contribution in [2.75, 3.05) is 19.8 Å². The highest BCUT2D eigenvalue weighted by Crippen LogP contribution is 2.43. The maximum absolute atomic E-state index is 9.72. The summed E-state index contributed by atoms with van der Waals surface area (Å²) in [6, 6.07) is 0. The highest BCUT2D eigenvalue weighted by molar-refractivity contribution is 4.85. The van der Waals surface area contributed by atoms with Crippen LogP contribution in [0.2, 0.25) is 0 Å². The molecule has 0 heterocycles. The molecular weight excluding hydrogens is 224 g/mol. The van der Waals surface area contributed by atoms with Gasteiger partial charge in [-0.15, -0.1) is 0 Å². The maximum Gasteiger partial charge on any atom is 0.0487 e. The van der Waals surface area contributed by atoms with Gasteiger partial charge in [-0.1, -0.05) is 26.2 Å². The number of hydrogen-bond donors (Lipinski definition) is 1. The van der Waals surface area contributed by atoms with Crippen LogP contribution in [0.3, 0.4) is 0 Å². The van der Waals surface area contributed by atoms with Gasteiger partial charge in [-0.25, -0.2) is 0 Å². The van der Waals surface area contributed by atoms with Gasteiger partial charge in [0.1, 0.15) is 0 Å². The van der Waals surface area contributed by atoms with Crippen LogP contribution in [0, 0.1) is 11.3 Å². The molecule has 0 unspecified atom stereocenters. The summed E-state index contributed by atoms with van der Waals surface area (Å²) in [4.78, 5) is 0. The van der Waals surface area contributed by atoms with E-state index in [1.807, 2.05) is 6.92 Å². The lowest BCUT2D eigenvalue weighted by Crippen LogP contribution is -2.31. The summed E-state index contributed by atoms with van der Waals surface area (Å²) in [6.07, 6.45) is 11.4. The van der Waals surface area contributed by atoms with E-state index in [9.17, 15) is 5.11 Å². The first kappa shape index (κ1) is 16.0. The van der Waals surface area contributed by atoms with Crippen LogP contribution in [0.15, 0.2) is 0 Å². The van der Waals surface area contributed by atoms with Crippen LogP contribution in [-0.2, 0) is 4.74 Å². The van der Waals surface area contributed by atoms with Gasteiger partial charge in [0.05, 0.1) is 0 Å². The standard InChI is InChI=1S/C16H32O2/c1-3-5-7-15-8-11-16(14-17,12-9-15)10-6-13-18-4-2/h15,17H,3-14H2,1-2H3. The Morgan fingerprint density at radius 1 is 1.17 bits per heavy atom. The van der Waals surface area contributed by atoms with Crippen LogP contribution in [0.4, 0.5) is 0 Å². The van der Waals surface area contributed by atoms with Crippen molar-refractivity contribution in [2.45, 2.75) is 71.6 Å². The minimum Gasteiger partial charge on any atom is -0.396 e. The first-order chi connectivity index (χ1) is 8.76. The lowest BCUT2D eigenvalue weighted by atomic mass is 9.68. The normalized spacial score (nSPS) is 28.5. The van der Waals surface area contributed by atoms with E-state index in [1.54, 1.807) is 0 Å². The molecule has 0 aromatic heterocycles. The van der Waals surface area contributed by atoms with Crippen molar-refractivity contribution in [2.24, 2.45) is 11.3 Å². The van der Waals surface area contributed by atoms with Crippen LogP contribution < -0.4 is 0 Å². The summed E-state index contributed by atoms with van der Waals surface area (Å²) in [5.41, 5.74) is 0.222. The van der Waals surface area contributed by atoms with Crippen molar-refractivity contribution >= 4 is 0 Å². The Bertz CT molecular complexity index is 195. The van der Waals surface area contributed by atoms with Crippen LogP contribution in [0.1, 0.15) is 71.6 Å². The van der Waals surface area contributed by atoms with Gasteiger partial charge in [0.15, 0.2) is 0 Å². The monoisotopic (exact) mass is 256 g/mol. The second-order valence-corrected chi connectivity index (χ2v) is 6.04. The summed E-state index contributed by atoms with van der Waals surface area (Å²) in [5, 5.41) is 9.72. The highest BCUT2D eigenvalue weighted by Gasteiger charge is 2.33. The molecule has 0 aliphatic heterocycles. The molecule has 1 aliphatic rings. The Hall–Kier alpha value is -0.0800. The fraction of sp³-hybridized carbons (Fsp3) is 1.00. The van der Waals surface area contributed by atoms with Crippen LogP contribution >= 0.6 is 0 Å². The molecule has 0 spiro atoms. The fourth-order valence-electron chi connectivity index (χ4n) is 3.25. The number of unbranched alkanes of at least 4 members (excludes halogenated alkanes) is 1. The van der Waals surface area contributed by atoms with Gasteiger partial charge in [0, 0.05) is 19.8 Å². The molecule has 2 heteroatoms. The van der Waals surface area contributed by atoms with Gasteiger partial charge < -0.3 is 9.84 Å². The number of aliphatic hydroxyl groups is 1. The average molecular weight is 256 g/mol. The Balaban J connectivity index is 2.26. The number of rotatable bonds is 9. The predicted molar refractivity (Wildman–Crippen MR) is 76.7 cm³/mol. The molecule has 1 aliphatic carbocycles. The van der Waals surface area contributed by atoms with Gasteiger partial charge in [0.2, 0.25) is 0 Å². The second kappa shape index (κ2) is 8.92. The molecule has 2 nitrogen and oxygen atoms in total. The average Bonchev–Trinajstić information content (AvgIpc) is 2.43. The molecule has 0 bridgehead atoms. The van der Waals surface area contributed by atoms with Gasteiger partial charge >= 0.3 is 0 Å². The Morgan fingerprint density at radius 2 is 1.89 bits per heavy atom. The quantitative estimate of drug-likeness (QED) is 0.628. The van der Waals surface area contributed by atoms with E-state index >= 15 is 0 Å². The number of hydrogen-bond acceptors (Lipinski definition) is 2. The summed E-state index contributed by atoms with van der Waals surface area (Å²) in [5.74, 6) is 0.927. The Morgan fingerprint density at radius 3 is 2.44 bits per heavy atom. The Kier molecular flexibility index (Phi) is 7.92. The summed E-state index contributed by atoms with van der Waals surface area (Å²) in [6.45, 7) is 6.36. The molecule has 0 aromatic rings. The van der Waals surface area contributed by atoms with Crippen molar-refractivity contribution in [1.29, 1.82) is 0 Å². The van der Waals surface area contributed by atoms with E-state index < -0.39 is 0 Å². The van der Waals surface area contributed by atoms with Gasteiger partial charge in [0.25, 0.3) is 0 Å². The van der Waals surface area contributed by atoms with Gasteiger partial charge in [-0.2, -0.15) is 0 Å². The zero-order chi connectivity index (χ0) is 13.3. The Labute approximate surface area is 113 Å². The highest BCUT2D eigenvalue weighted by atomic mass is 16.5. The van der Waals surface area contributed by atoms with E-state index in [4.69, 9.17) is 4.74 Å². The number of ether oxygens (including phenoxy) is 1. The van der Waals surface area contributed by atoms with Crippen LogP contribution in [0.25, 0.3) is 0 Å². The second-order valence-electron chi connectivity index (χ2n) is 6.04. The van der Waals surface area contributed by atoms with Gasteiger partial charge in [-0.3, -0.25) is 0 Å². The maximum atomic E-state index is 9.72. The summed E-state index contributed by atoms with van der Waals surface area (Å²) >= 11 is 0. The predicted octanol–water partition coefficient (Wildman–Crippen LogP) is 4.16. The van der Waals surface area contributed by atoms with Crippen molar-refractivity contribution < 1.29 is 9.84 Å². The topological polar surface area (TPSA) is 29.5 Å². The molecule has 1 fully saturated rings. The zero-order valence-electron chi connectivity index (χ0n) is 12.4. The summed E-state index contributed by atoms with van der Waals surface area (Å²) in [7, 11) is 0. The van der Waals surface area contributed by atoms with E-state index in [1.165, 1.54) is 44.9 Å². The SMILES string of the molecule is CCCCC1CCC(CO)(CCCOCC)CC1. The molecule has 0 atom stereocenters. The molecule has 108 valence electrons. The first-order valence-electron chi connectivity index (χ1n) is 7.95. The molecule has 1 rings (SSSR count). The fourth-order valence-corrected chi connectivity index (χ4v) is 3.25. The van der Waals surface area contributed by atoms with Crippen molar-refractivity contribution in [3.8, 4) is 0 Å². The van der Waals surface area contributed by atoms with E-state index in [0.717, 1.165) is 32.0 Å². The van der Waals surface area contributed by atoms with Crippen LogP contribution in [-0.4, -0.2) is 24.9 Å². The molecule has 0 aromatic carbocycles. The molecule has 0 amide bonds.